The molecule has 0 saturated carbocycles. The summed E-state index contributed by atoms with van der Waals surface area (Å²) in [5.74, 6) is -0.815. The predicted molar refractivity (Wildman–Crippen MR) is 77.4 cm³/mol. The molecule has 102 valence electrons. The Morgan fingerprint density at radius 2 is 2.05 bits per heavy atom. The molecular formula is C13H9ClN2O3S. The fraction of sp³-hybridized carbons (Fsp3) is 0.154. The minimum atomic E-state index is -0.430. The van der Waals surface area contributed by atoms with Crippen molar-refractivity contribution in [3.8, 4) is 0 Å². The van der Waals surface area contributed by atoms with Gasteiger partial charge in [-0.2, -0.15) is 0 Å². The van der Waals surface area contributed by atoms with Gasteiger partial charge in [0.15, 0.2) is 0 Å². The minimum absolute atomic E-state index is 0.162. The number of thioether (sulfide) groups is 1. The van der Waals surface area contributed by atoms with Gasteiger partial charge in [-0.05, 0) is 36.9 Å². The van der Waals surface area contributed by atoms with E-state index in [1.54, 1.807) is 25.1 Å². The van der Waals surface area contributed by atoms with Crippen LogP contribution in [0.5, 0.6) is 0 Å². The van der Waals surface area contributed by atoms with E-state index in [1.165, 1.54) is 0 Å². The van der Waals surface area contributed by atoms with Crippen LogP contribution < -0.4 is 5.32 Å². The summed E-state index contributed by atoms with van der Waals surface area (Å²) in [6.45, 7) is 2.00. The number of fused-ring (bicyclic) bond motifs is 1. The molecule has 0 aliphatic carbocycles. The number of anilines is 1. The summed E-state index contributed by atoms with van der Waals surface area (Å²) in [7, 11) is 0. The second kappa shape index (κ2) is 4.64. The largest absolute Gasteiger partial charge is 0.321 e. The van der Waals surface area contributed by atoms with Crippen molar-refractivity contribution in [1.29, 1.82) is 0 Å². The number of likely N-dealkylation sites (N-methyl/N-ethyl adjacent to an activating group) is 1. The SMILES string of the molecule is CCN1C(=O)S/C(=C2\C(=O)Nc3ccc(Cl)cc32)C1=O. The zero-order chi connectivity index (χ0) is 14.4. The standard InChI is InChI=1S/C13H9ClN2O3S/c1-2-16-12(18)10(20-13(16)19)9-7-5-6(14)3-4-8(7)15-11(9)17/h3-5H,2H2,1H3,(H,15,17)/b10-9-. The Bertz CT molecular complexity index is 699. The van der Waals surface area contributed by atoms with Gasteiger partial charge in [0.25, 0.3) is 17.1 Å². The average Bonchev–Trinajstić information content (AvgIpc) is 2.85. The number of hydrogen-bond acceptors (Lipinski definition) is 4. The Morgan fingerprint density at radius 1 is 1.30 bits per heavy atom. The van der Waals surface area contributed by atoms with Crippen LogP contribution in [0.25, 0.3) is 5.57 Å². The van der Waals surface area contributed by atoms with E-state index in [2.05, 4.69) is 5.32 Å². The van der Waals surface area contributed by atoms with E-state index in [4.69, 9.17) is 11.6 Å². The van der Waals surface area contributed by atoms with Crippen LogP contribution in [0.4, 0.5) is 10.5 Å². The fourth-order valence-corrected chi connectivity index (χ4v) is 3.36. The number of nitrogens with one attached hydrogen (secondary N) is 1. The number of hydrogen-bond donors (Lipinski definition) is 1. The lowest BCUT2D eigenvalue weighted by molar-refractivity contribution is -0.122. The Hall–Kier alpha value is -1.79. The number of carbonyl (C=O) groups is 3. The molecule has 1 aromatic carbocycles. The van der Waals surface area contributed by atoms with Crippen molar-refractivity contribution in [2.45, 2.75) is 6.92 Å². The number of benzene rings is 1. The van der Waals surface area contributed by atoms with Crippen LogP contribution in [-0.4, -0.2) is 28.5 Å². The fourth-order valence-electron chi connectivity index (χ4n) is 2.19. The first kappa shape index (κ1) is 13.2. The molecule has 20 heavy (non-hydrogen) atoms. The van der Waals surface area contributed by atoms with Crippen molar-refractivity contribution in [3.63, 3.8) is 0 Å². The lowest BCUT2D eigenvalue weighted by atomic mass is 10.1. The normalized spacial score (nSPS) is 21.5. The number of amides is 3. The molecule has 0 bridgehead atoms. The molecular weight excluding hydrogens is 300 g/mol. The molecule has 0 atom stereocenters. The molecule has 0 unspecified atom stereocenters. The monoisotopic (exact) mass is 308 g/mol. The maximum atomic E-state index is 12.2. The van der Waals surface area contributed by atoms with Crippen LogP contribution in [0.1, 0.15) is 12.5 Å². The van der Waals surface area contributed by atoms with E-state index in [1.807, 2.05) is 0 Å². The lowest BCUT2D eigenvalue weighted by Crippen LogP contribution is -2.27. The summed E-state index contributed by atoms with van der Waals surface area (Å²) in [5.41, 5.74) is 1.38. The minimum Gasteiger partial charge on any atom is -0.321 e. The van der Waals surface area contributed by atoms with Gasteiger partial charge in [-0.3, -0.25) is 19.3 Å². The molecule has 0 aromatic heterocycles. The highest BCUT2D eigenvalue weighted by atomic mass is 35.5. The van der Waals surface area contributed by atoms with Gasteiger partial charge in [-0.15, -0.1) is 0 Å². The van der Waals surface area contributed by atoms with Crippen molar-refractivity contribution < 1.29 is 14.4 Å². The van der Waals surface area contributed by atoms with Crippen molar-refractivity contribution in [2.24, 2.45) is 0 Å². The summed E-state index contributed by atoms with van der Waals surface area (Å²) in [6.07, 6.45) is 0. The zero-order valence-corrected chi connectivity index (χ0v) is 12.0. The van der Waals surface area contributed by atoms with Crippen molar-refractivity contribution in [2.75, 3.05) is 11.9 Å². The van der Waals surface area contributed by atoms with Crippen molar-refractivity contribution >= 4 is 51.7 Å². The van der Waals surface area contributed by atoms with Crippen LogP contribution in [0.2, 0.25) is 5.02 Å². The summed E-state index contributed by atoms with van der Waals surface area (Å²) in [4.78, 5) is 37.3. The summed E-state index contributed by atoms with van der Waals surface area (Å²) in [5, 5.41) is 2.78. The first-order valence-corrected chi connectivity index (χ1v) is 7.11. The second-order valence-corrected chi connectivity index (χ2v) is 5.66. The van der Waals surface area contributed by atoms with Crippen LogP contribution in [0, 0.1) is 0 Å². The van der Waals surface area contributed by atoms with Crippen LogP contribution in [0.15, 0.2) is 23.1 Å². The third-order valence-corrected chi connectivity index (χ3v) is 4.33. The molecule has 0 radical (unpaired) electrons. The molecule has 0 spiro atoms. The Balaban J connectivity index is 2.18. The highest BCUT2D eigenvalue weighted by molar-refractivity contribution is 8.18. The molecule has 1 N–H and O–H groups in total. The Morgan fingerprint density at radius 3 is 2.70 bits per heavy atom. The molecule has 1 fully saturated rings. The maximum Gasteiger partial charge on any atom is 0.293 e. The van der Waals surface area contributed by atoms with Gasteiger partial charge in [0.2, 0.25) is 0 Å². The molecule has 1 saturated heterocycles. The van der Waals surface area contributed by atoms with Gasteiger partial charge in [0, 0.05) is 22.8 Å². The maximum absolute atomic E-state index is 12.2. The first-order valence-electron chi connectivity index (χ1n) is 5.92. The molecule has 3 rings (SSSR count). The van der Waals surface area contributed by atoms with Gasteiger partial charge in [0.05, 0.1) is 10.5 Å². The summed E-state index contributed by atoms with van der Waals surface area (Å²) >= 11 is 6.72. The topological polar surface area (TPSA) is 66.5 Å². The van der Waals surface area contributed by atoms with Crippen molar-refractivity contribution in [3.05, 3.63) is 33.7 Å². The van der Waals surface area contributed by atoms with Gasteiger partial charge in [-0.1, -0.05) is 11.6 Å². The highest BCUT2D eigenvalue weighted by Gasteiger charge is 2.40. The molecule has 2 heterocycles. The Labute approximate surface area is 124 Å². The van der Waals surface area contributed by atoms with Gasteiger partial charge in [0.1, 0.15) is 0 Å². The number of imide groups is 1. The molecule has 3 amide bonds. The van der Waals surface area contributed by atoms with E-state index in [9.17, 15) is 14.4 Å². The summed E-state index contributed by atoms with van der Waals surface area (Å²) < 4.78 is 0. The molecule has 5 nitrogen and oxygen atoms in total. The molecule has 2 aliphatic rings. The van der Waals surface area contributed by atoms with E-state index < -0.39 is 5.91 Å². The van der Waals surface area contributed by atoms with E-state index >= 15 is 0 Å². The van der Waals surface area contributed by atoms with E-state index in [-0.39, 0.29) is 28.2 Å². The third-order valence-electron chi connectivity index (χ3n) is 3.12. The molecule has 1 aromatic rings. The van der Waals surface area contributed by atoms with E-state index in [0.717, 1.165) is 16.7 Å². The third kappa shape index (κ3) is 1.83. The molecule has 2 aliphatic heterocycles. The van der Waals surface area contributed by atoms with Crippen LogP contribution in [-0.2, 0) is 9.59 Å². The van der Waals surface area contributed by atoms with Gasteiger partial charge in [-0.25, -0.2) is 0 Å². The first-order chi connectivity index (χ1) is 9.52. The van der Waals surface area contributed by atoms with Crippen LogP contribution in [0.3, 0.4) is 0 Å². The number of nitrogens with zero attached hydrogens (tertiary/aromatic N) is 1. The number of halogens is 1. The number of carbonyl (C=O) groups excluding carboxylic acids is 3. The van der Waals surface area contributed by atoms with Gasteiger partial charge >= 0.3 is 0 Å². The van der Waals surface area contributed by atoms with E-state index in [0.29, 0.717) is 16.3 Å². The molecule has 7 heteroatoms. The zero-order valence-electron chi connectivity index (χ0n) is 10.4. The van der Waals surface area contributed by atoms with Gasteiger partial charge < -0.3 is 5.32 Å². The number of rotatable bonds is 1. The average molecular weight is 309 g/mol. The predicted octanol–water partition coefficient (Wildman–Crippen LogP) is 2.72. The summed E-state index contributed by atoms with van der Waals surface area (Å²) in [6, 6.07) is 4.94. The quantitative estimate of drug-likeness (QED) is 0.810. The lowest BCUT2D eigenvalue weighted by Gasteiger charge is -2.07. The Kier molecular flexibility index (Phi) is 3.07. The second-order valence-electron chi connectivity index (χ2n) is 4.27. The van der Waals surface area contributed by atoms with Crippen molar-refractivity contribution in [1.82, 2.24) is 4.90 Å². The van der Waals surface area contributed by atoms with Crippen LogP contribution >= 0.6 is 23.4 Å². The highest BCUT2D eigenvalue weighted by Crippen LogP contribution is 2.42. The smallest absolute Gasteiger partial charge is 0.293 e.